The van der Waals surface area contributed by atoms with Gasteiger partial charge < -0.3 is 14.2 Å². The number of aryl methyl sites for hydroxylation is 1. The summed E-state index contributed by atoms with van der Waals surface area (Å²) in [7, 11) is 0. The molecule has 1 saturated heterocycles. The minimum absolute atomic E-state index is 0.0754. The maximum Gasteiger partial charge on any atom is 0.213 e. The molecule has 0 bridgehead atoms. The molecule has 9 heteroatoms. The van der Waals surface area contributed by atoms with Crippen molar-refractivity contribution < 1.29 is 18.6 Å². The van der Waals surface area contributed by atoms with Gasteiger partial charge in [0.05, 0.1) is 29.4 Å². The Morgan fingerprint density at radius 1 is 1.19 bits per heavy atom. The summed E-state index contributed by atoms with van der Waals surface area (Å²) in [6.45, 7) is 5.23. The van der Waals surface area contributed by atoms with Crippen molar-refractivity contribution in [1.29, 1.82) is 0 Å². The molecule has 7 nitrogen and oxygen atoms in total. The molecule has 1 fully saturated rings. The molecule has 1 aliphatic heterocycles. The van der Waals surface area contributed by atoms with E-state index in [2.05, 4.69) is 20.2 Å². The van der Waals surface area contributed by atoms with Crippen molar-refractivity contribution in [2.24, 2.45) is 0 Å². The van der Waals surface area contributed by atoms with Gasteiger partial charge in [0.1, 0.15) is 23.8 Å². The van der Waals surface area contributed by atoms with Crippen LogP contribution in [-0.2, 0) is 4.74 Å². The van der Waals surface area contributed by atoms with Gasteiger partial charge in [-0.1, -0.05) is 11.6 Å². The summed E-state index contributed by atoms with van der Waals surface area (Å²) in [5.41, 5.74) is 3.40. The van der Waals surface area contributed by atoms with Gasteiger partial charge in [0.2, 0.25) is 5.88 Å². The standard InChI is InChI=1S/C27H26ClFN4O3/c1-16-13-30-15-22(28)27(16)17(2)35-20-4-5-24-21(11-20)25(33-32-24)12-23(29)18-3-6-26(31-14-18)36-19-7-9-34-10-8-19/h3-6,11-15,17,19H,7-10H2,1-2H3,(H,32,33)/b23-12-/t17-/m1/s1. The zero-order valence-electron chi connectivity index (χ0n) is 20.0. The molecule has 5 rings (SSSR count). The highest BCUT2D eigenvalue weighted by atomic mass is 35.5. The maximum atomic E-state index is 15.1. The molecule has 4 heterocycles. The number of pyridine rings is 2. The number of rotatable bonds is 7. The third-order valence-electron chi connectivity index (χ3n) is 6.15. The molecule has 4 aromatic rings. The van der Waals surface area contributed by atoms with Crippen LogP contribution in [0.5, 0.6) is 11.6 Å². The second kappa shape index (κ2) is 10.6. The smallest absolute Gasteiger partial charge is 0.213 e. The van der Waals surface area contributed by atoms with Gasteiger partial charge in [0, 0.05) is 60.1 Å². The average molecular weight is 509 g/mol. The van der Waals surface area contributed by atoms with Gasteiger partial charge in [-0.05, 0) is 43.7 Å². The van der Waals surface area contributed by atoms with Gasteiger partial charge in [-0.2, -0.15) is 5.10 Å². The Bertz CT molecular complexity index is 1360. The van der Waals surface area contributed by atoms with E-state index in [0.717, 1.165) is 29.4 Å². The summed E-state index contributed by atoms with van der Waals surface area (Å²) >= 11 is 6.34. The number of ether oxygens (including phenoxy) is 3. The van der Waals surface area contributed by atoms with Crippen molar-refractivity contribution in [3.63, 3.8) is 0 Å². The number of halogens is 2. The molecule has 0 saturated carbocycles. The predicted molar refractivity (Wildman–Crippen MR) is 137 cm³/mol. The van der Waals surface area contributed by atoms with Crippen LogP contribution >= 0.6 is 11.6 Å². The number of nitrogens with zero attached hydrogens (tertiary/aromatic N) is 3. The first-order valence-corrected chi connectivity index (χ1v) is 12.2. The van der Waals surface area contributed by atoms with Crippen LogP contribution in [0.3, 0.4) is 0 Å². The summed E-state index contributed by atoms with van der Waals surface area (Å²) in [4.78, 5) is 8.38. The Balaban J connectivity index is 1.33. The first-order chi connectivity index (χ1) is 17.5. The quantitative estimate of drug-likeness (QED) is 0.307. The number of hydrogen-bond donors (Lipinski definition) is 1. The number of fused-ring (bicyclic) bond motifs is 1. The minimum Gasteiger partial charge on any atom is -0.486 e. The minimum atomic E-state index is -0.440. The van der Waals surface area contributed by atoms with Crippen LogP contribution in [0.15, 0.2) is 48.9 Å². The van der Waals surface area contributed by atoms with Crippen molar-refractivity contribution >= 4 is 34.4 Å². The van der Waals surface area contributed by atoms with Gasteiger partial charge in [-0.3, -0.25) is 10.1 Å². The lowest BCUT2D eigenvalue weighted by Crippen LogP contribution is -2.26. The highest BCUT2D eigenvalue weighted by molar-refractivity contribution is 6.31. The fourth-order valence-electron chi connectivity index (χ4n) is 4.28. The van der Waals surface area contributed by atoms with Crippen LogP contribution in [0, 0.1) is 6.92 Å². The monoisotopic (exact) mass is 508 g/mol. The Morgan fingerprint density at radius 2 is 2.03 bits per heavy atom. The molecular formula is C27H26ClFN4O3. The van der Waals surface area contributed by atoms with E-state index in [0.29, 0.717) is 46.6 Å². The lowest BCUT2D eigenvalue weighted by Gasteiger charge is -2.22. The van der Waals surface area contributed by atoms with Crippen molar-refractivity contribution in [3.8, 4) is 11.6 Å². The molecule has 1 N–H and O–H groups in total. The molecule has 0 unspecified atom stereocenters. The van der Waals surface area contributed by atoms with E-state index in [1.165, 1.54) is 12.3 Å². The first kappa shape index (κ1) is 24.2. The lowest BCUT2D eigenvalue weighted by atomic mass is 10.1. The predicted octanol–water partition coefficient (Wildman–Crippen LogP) is 6.48. The number of hydrogen-bond acceptors (Lipinski definition) is 6. The fraction of sp³-hybridized carbons (Fsp3) is 0.296. The van der Waals surface area contributed by atoms with Crippen LogP contribution in [0.4, 0.5) is 4.39 Å². The third kappa shape index (κ3) is 5.34. The summed E-state index contributed by atoms with van der Waals surface area (Å²) in [5.74, 6) is 0.658. The van der Waals surface area contributed by atoms with Gasteiger partial charge in [0.25, 0.3) is 0 Å². The molecule has 3 aromatic heterocycles. The van der Waals surface area contributed by atoms with E-state index >= 15 is 4.39 Å². The van der Waals surface area contributed by atoms with Crippen LogP contribution in [0.2, 0.25) is 5.02 Å². The van der Waals surface area contributed by atoms with E-state index in [1.807, 2.05) is 32.0 Å². The van der Waals surface area contributed by atoms with Crippen LogP contribution in [0.1, 0.15) is 48.3 Å². The number of benzene rings is 1. The summed E-state index contributed by atoms with van der Waals surface area (Å²) < 4.78 is 32.5. The van der Waals surface area contributed by atoms with Gasteiger partial charge in [-0.15, -0.1) is 0 Å². The second-order valence-corrected chi connectivity index (χ2v) is 9.14. The molecule has 1 atom stereocenters. The van der Waals surface area contributed by atoms with Gasteiger partial charge >= 0.3 is 0 Å². The van der Waals surface area contributed by atoms with Crippen molar-refractivity contribution in [3.05, 3.63) is 76.3 Å². The number of H-pyrrole nitrogens is 1. The Hall–Kier alpha value is -3.49. The average Bonchev–Trinajstić information content (AvgIpc) is 3.27. The molecule has 0 amide bonds. The number of nitrogens with one attached hydrogen (secondary N) is 1. The SMILES string of the molecule is Cc1cncc(Cl)c1[C@@H](C)Oc1ccc2n[nH]c(/C=C(\F)c3ccc(OC4CCOCC4)nc3)c2c1. The number of aromatic nitrogens is 4. The van der Waals surface area contributed by atoms with E-state index in [1.54, 1.807) is 24.5 Å². The summed E-state index contributed by atoms with van der Waals surface area (Å²) in [6.07, 6.45) is 7.66. The first-order valence-electron chi connectivity index (χ1n) is 11.8. The topological polar surface area (TPSA) is 82.2 Å². The van der Waals surface area contributed by atoms with Crippen LogP contribution in [-0.4, -0.2) is 39.5 Å². The second-order valence-electron chi connectivity index (χ2n) is 8.74. The molecule has 186 valence electrons. The molecule has 0 spiro atoms. The Labute approximate surface area is 213 Å². The summed E-state index contributed by atoms with van der Waals surface area (Å²) in [5, 5.41) is 8.47. The van der Waals surface area contributed by atoms with Crippen molar-refractivity contribution in [2.75, 3.05) is 13.2 Å². The molecule has 1 aliphatic rings. The van der Waals surface area contributed by atoms with Crippen LogP contribution < -0.4 is 9.47 Å². The lowest BCUT2D eigenvalue weighted by molar-refractivity contribution is 0.0237. The normalized spacial score (nSPS) is 15.7. The third-order valence-corrected chi connectivity index (χ3v) is 6.45. The van der Waals surface area contributed by atoms with E-state index in [-0.39, 0.29) is 12.2 Å². The van der Waals surface area contributed by atoms with Gasteiger partial charge in [-0.25, -0.2) is 9.37 Å². The Morgan fingerprint density at radius 3 is 2.78 bits per heavy atom. The van der Waals surface area contributed by atoms with Crippen molar-refractivity contribution in [1.82, 2.24) is 20.2 Å². The van der Waals surface area contributed by atoms with E-state index in [4.69, 9.17) is 25.8 Å². The zero-order chi connectivity index (χ0) is 25.1. The van der Waals surface area contributed by atoms with Gasteiger partial charge in [0.15, 0.2) is 0 Å². The molecule has 0 radical (unpaired) electrons. The van der Waals surface area contributed by atoms with E-state index < -0.39 is 5.83 Å². The fourth-order valence-corrected chi connectivity index (χ4v) is 4.64. The molecular weight excluding hydrogens is 483 g/mol. The zero-order valence-corrected chi connectivity index (χ0v) is 20.8. The van der Waals surface area contributed by atoms with Crippen LogP contribution in [0.25, 0.3) is 22.8 Å². The maximum absolute atomic E-state index is 15.1. The largest absolute Gasteiger partial charge is 0.486 e. The highest BCUT2D eigenvalue weighted by Gasteiger charge is 2.17. The molecule has 0 aliphatic carbocycles. The number of aromatic amines is 1. The highest BCUT2D eigenvalue weighted by Crippen LogP contribution is 2.32. The molecule has 36 heavy (non-hydrogen) atoms. The Kier molecular flexibility index (Phi) is 7.16. The molecule has 1 aromatic carbocycles. The summed E-state index contributed by atoms with van der Waals surface area (Å²) in [6, 6.07) is 8.83. The van der Waals surface area contributed by atoms with Crippen molar-refractivity contribution in [2.45, 2.75) is 38.9 Å². The van der Waals surface area contributed by atoms with E-state index in [9.17, 15) is 0 Å².